The van der Waals surface area contributed by atoms with Crippen molar-refractivity contribution in [1.82, 2.24) is 16.0 Å². The van der Waals surface area contributed by atoms with Crippen LogP contribution in [0.15, 0.2) is 0 Å². The van der Waals surface area contributed by atoms with Gasteiger partial charge in [0.25, 0.3) is 0 Å². The van der Waals surface area contributed by atoms with E-state index in [1.165, 1.54) is 64.2 Å². The Bertz CT molecular complexity index is 579. The predicted molar refractivity (Wildman–Crippen MR) is 170 cm³/mol. The van der Waals surface area contributed by atoms with Crippen molar-refractivity contribution in [2.75, 3.05) is 39.3 Å². The van der Waals surface area contributed by atoms with Gasteiger partial charge in [0.15, 0.2) is 0 Å². The minimum atomic E-state index is 0. The lowest BCUT2D eigenvalue weighted by molar-refractivity contribution is 0.0996. The van der Waals surface area contributed by atoms with Gasteiger partial charge in [-0.15, -0.1) is 49.6 Å². The Kier molecular flexibility index (Phi) is 17.5. The molecule has 0 aromatic rings. The number of nitrogens with one attached hydrogen (secondary N) is 3. The molecule has 4 rings (SSSR count). The maximum absolute atomic E-state index is 5.55. The summed E-state index contributed by atoms with van der Waals surface area (Å²) in [6, 6.07) is 0.701. The Hall–Kier alpha value is 1.00. The second-order valence-corrected chi connectivity index (χ2v) is 13.5. The maximum Gasteiger partial charge on any atom is 0.00793 e. The monoisotopic (exact) mass is 604 g/mol. The molecule has 0 aromatic carbocycles. The van der Waals surface area contributed by atoms with Crippen LogP contribution in [0.5, 0.6) is 0 Å². The highest BCUT2D eigenvalue weighted by atomic mass is 35.5. The molecule has 4 saturated carbocycles. The van der Waals surface area contributed by atoms with Gasteiger partial charge in [0.2, 0.25) is 0 Å². The number of fused-ring (bicyclic) bond motifs is 4. The van der Waals surface area contributed by atoms with Gasteiger partial charge in [0, 0.05) is 45.3 Å². The zero-order chi connectivity index (χ0) is 23.5. The SMILES string of the molecule is CC1(C)C2CCC(C2)C1CCC(CCC1C2CCC(C2)C1(C)C)NCCNCCNCCN.Cl.Cl.Cl.Cl. The van der Waals surface area contributed by atoms with Gasteiger partial charge in [0.05, 0.1) is 0 Å². The second-order valence-electron chi connectivity index (χ2n) is 13.5. The van der Waals surface area contributed by atoms with Crippen LogP contribution < -0.4 is 21.7 Å². The Labute approximate surface area is 254 Å². The van der Waals surface area contributed by atoms with Crippen LogP contribution in [-0.4, -0.2) is 45.3 Å². The normalized spacial score (nSPS) is 32.7. The minimum absolute atomic E-state index is 0. The van der Waals surface area contributed by atoms with Gasteiger partial charge < -0.3 is 21.7 Å². The summed E-state index contributed by atoms with van der Waals surface area (Å²) >= 11 is 0. The van der Waals surface area contributed by atoms with Crippen LogP contribution in [0.25, 0.3) is 0 Å². The van der Waals surface area contributed by atoms with Crippen molar-refractivity contribution in [2.45, 2.75) is 97.9 Å². The fourth-order valence-electron chi connectivity index (χ4n) is 9.15. The fraction of sp³-hybridized carbons (Fsp3) is 1.00. The zero-order valence-corrected chi connectivity index (χ0v) is 27.3. The number of hydrogen-bond acceptors (Lipinski definition) is 4. The maximum atomic E-state index is 5.55. The van der Waals surface area contributed by atoms with Crippen molar-refractivity contribution in [3.63, 3.8) is 0 Å². The highest BCUT2D eigenvalue weighted by Crippen LogP contribution is 2.62. The molecule has 4 nitrogen and oxygen atoms in total. The first-order valence-corrected chi connectivity index (χ1v) is 14.7. The van der Waals surface area contributed by atoms with Gasteiger partial charge in [-0.3, -0.25) is 0 Å². The van der Waals surface area contributed by atoms with Crippen molar-refractivity contribution >= 4 is 49.6 Å². The van der Waals surface area contributed by atoms with Crippen LogP contribution in [0.4, 0.5) is 0 Å². The summed E-state index contributed by atoms with van der Waals surface area (Å²) in [7, 11) is 0. The first-order chi connectivity index (χ1) is 15.8. The van der Waals surface area contributed by atoms with Gasteiger partial charge in [-0.05, 0) is 111 Å². The number of halogens is 4. The molecular formula is C29H60Cl4N4. The largest absolute Gasteiger partial charge is 0.329 e. The third-order valence-corrected chi connectivity index (χ3v) is 11.3. The van der Waals surface area contributed by atoms with Gasteiger partial charge in [-0.2, -0.15) is 0 Å². The Morgan fingerprint density at radius 1 is 0.649 bits per heavy atom. The molecule has 0 heterocycles. The lowest BCUT2D eigenvalue weighted by Gasteiger charge is -2.40. The van der Waals surface area contributed by atoms with Crippen LogP contribution in [0, 0.1) is 46.3 Å². The molecule has 0 radical (unpaired) electrons. The van der Waals surface area contributed by atoms with E-state index in [0.29, 0.717) is 16.9 Å². The Balaban J connectivity index is 0.00000324. The molecule has 4 fully saturated rings. The lowest BCUT2D eigenvalue weighted by Crippen LogP contribution is -2.39. The third-order valence-electron chi connectivity index (χ3n) is 11.3. The van der Waals surface area contributed by atoms with Gasteiger partial charge in [-0.1, -0.05) is 27.7 Å². The molecule has 5 N–H and O–H groups in total. The number of hydrogen-bond donors (Lipinski definition) is 4. The van der Waals surface area contributed by atoms with E-state index in [0.717, 1.165) is 74.8 Å². The van der Waals surface area contributed by atoms with Crippen molar-refractivity contribution in [2.24, 2.45) is 52.1 Å². The molecule has 37 heavy (non-hydrogen) atoms. The minimum Gasteiger partial charge on any atom is -0.329 e. The van der Waals surface area contributed by atoms with Crippen LogP contribution in [0.3, 0.4) is 0 Å². The van der Waals surface area contributed by atoms with Crippen molar-refractivity contribution < 1.29 is 0 Å². The molecule has 0 amide bonds. The molecule has 224 valence electrons. The van der Waals surface area contributed by atoms with E-state index in [1.54, 1.807) is 0 Å². The van der Waals surface area contributed by atoms with Crippen LogP contribution in [0.1, 0.15) is 91.9 Å². The summed E-state index contributed by atoms with van der Waals surface area (Å²) in [5.41, 5.74) is 6.71. The number of nitrogens with two attached hydrogens (primary N) is 1. The highest BCUT2D eigenvalue weighted by Gasteiger charge is 2.53. The topological polar surface area (TPSA) is 62.1 Å². The van der Waals surface area contributed by atoms with E-state index in [1.807, 2.05) is 0 Å². The first-order valence-electron chi connectivity index (χ1n) is 14.7. The molecule has 6 unspecified atom stereocenters. The van der Waals surface area contributed by atoms with Gasteiger partial charge in [-0.25, -0.2) is 0 Å². The summed E-state index contributed by atoms with van der Waals surface area (Å²) in [5, 5.41) is 11.0. The molecule has 0 spiro atoms. The van der Waals surface area contributed by atoms with E-state index in [2.05, 4.69) is 43.6 Å². The lowest BCUT2D eigenvalue weighted by atomic mass is 9.66. The Morgan fingerprint density at radius 3 is 1.49 bits per heavy atom. The van der Waals surface area contributed by atoms with Gasteiger partial charge >= 0.3 is 0 Å². The molecule has 6 atom stereocenters. The number of rotatable bonds is 15. The van der Waals surface area contributed by atoms with Crippen molar-refractivity contribution in [1.29, 1.82) is 0 Å². The first kappa shape index (κ1) is 38.0. The summed E-state index contributed by atoms with van der Waals surface area (Å²) in [6.07, 6.45) is 14.7. The molecule has 4 aliphatic carbocycles. The summed E-state index contributed by atoms with van der Waals surface area (Å²) in [6.45, 7) is 16.2. The summed E-state index contributed by atoms with van der Waals surface area (Å²) in [5.74, 6) is 5.99. The molecule has 0 aromatic heterocycles. The summed E-state index contributed by atoms with van der Waals surface area (Å²) < 4.78 is 0. The standard InChI is InChI=1S/C29H56N4.4ClH/c1-28(2)23-7-5-21(19-23)26(28)11-9-25(33-18-17-32-16-15-31-14-13-30)10-12-27-22-6-8-24(20-22)29(27,3)4;;;;/h21-27,31-33H,5-20,30H2,1-4H3;4*1H. The molecule has 0 saturated heterocycles. The van der Waals surface area contributed by atoms with Gasteiger partial charge in [0.1, 0.15) is 0 Å². The van der Waals surface area contributed by atoms with E-state index in [-0.39, 0.29) is 49.6 Å². The highest BCUT2D eigenvalue weighted by molar-refractivity contribution is 5.86. The quantitative estimate of drug-likeness (QED) is 0.161. The van der Waals surface area contributed by atoms with Crippen LogP contribution in [-0.2, 0) is 0 Å². The van der Waals surface area contributed by atoms with Crippen LogP contribution in [0.2, 0.25) is 0 Å². The van der Waals surface area contributed by atoms with E-state index < -0.39 is 0 Å². The van der Waals surface area contributed by atoms with E-state index in [9.17, 15) is 0 Å². The molecule has 8 heteroatoms. The summed E-state index contributed by atoms with van der Waals surface area (Å²) in [4.78, 5) is 0. The van der Waals surface area contributed by atoms with Crippen LogP contribution >= 0.6 is 49.6 Å². The van der Waals surface area contributed by atoms with Crippen molar-refractivity contribution in [3.8, 4) is 0 Å². The average Bonchev–Trinajstić information content (AvgIpc) is 3.53. The Morgan fingerprint density at radius 2 is 1.08 bits per heavy atom. The predicted octanol–water partition coefficient (Wildman–Crippen LogP) is 6.47. The fourth-order valence-corrected chi connectivity index (χ4v) is 9.15. The second kappa shape index (κ2) is 17.1. The van der Waals surface area contributed by atoms with E-state index >= 15 is 0 Å². The van der Waals surface area contributed by atoms with E-state index in [4.69, 9.17) is 5.73 Å². The van der Waals surface area contributed by atoms with Crippen molar-refractivity contribution in [3.05, 3.63) is 0 Å². The molecular weight excluding hydrogens is 546 g/mol. The average molecular weight is 607 g/mol. The third kappa shape index (κ3) is 8.99. The smallest absolute Gasteiger partial charge is 0.00793 e. The molecule has 0 aliphatic heterocycles. The molecule has 4 aliphatic rings. The molecule has 4 bridgehead atoms. The zero-order valence-electron chi connectivity index (χ0n) is 24.1.